The summed E-state index contributed by atoms with van der Waals surface area (Å²) in [6, 6.07) is 11.5. The highest BCUT2D eigenvalue weighted by molar-refractivity contribution is 6.31. The van der Waals surface area contributed by atoms with Crippen molar-refractivity contribution >= 4 is 39.2 Å². The predicted octanol–water partition coefficient (Wildman–Crippen LogP) is 4.57. The molecule has 3 rings (SSSR count). The minimum absolute atomic E-state index is 0.161. The van der Waals surface area contributed by atoms with Crippen LogP contribution in [-0.2, 0) is 0 Å². The predicted molar refractivity (Wildman–Crippen MR) is 75.4 cm³/mol. The van der Waals surface area contributed by atoms with Gasteiger partial charge in [0.25, 0.3) is 0 Å². The molecule has 1 aromatic heterocycles. The molecule has 0 unspecified atom stereocenters. The molecule has 1 heterocycles. The molecule has 0 aliphatic carbocycles. The number of H-pyrrole nitrogens is 1. The number of nitrogens with one attached hydrogen (secondary N) is 1. The van der Waals surface area contributed by atoms with E-state index >= 15 is 0 Å². The number of halogens is 1. The van der Waals surface area contributed by atoms with Crippen molar-refractivity contribution in [1.82, 2.24) is 4.98 Å². The van der Waals surface area contributed by atoms with Gasteiger partial charge in [0, 0.05) is 38.8 Å². The number of aromatic amines is 1. The highest BCUT2D eigenvalue weighted by atomic mass is 35.5. The average molecular weight is 258 g/mol. The summed E-state index contributed by atoms with van der Waals surface area (Å²) in [6.07, 6.45) is 0.525. The van der Waals surface area contributed by atoms with Crippen molar-refractivity contribution < 1.29 is 4.79 Å². The molecule has 0 saturated carbocycles. The Bertz CT molecular complexity index is 758. The summed E-state index contributed by atoms with van der Waals surface area (Å²) >= 11 is 6.01. The van der Waals surface area contributed by atoms with Gasteiger partial charge in [-0.05, 0) is 24.3 Å². The second kappa shape index (κ2) is 4.14. The highest BCUT2D eigenvalue weighted by Gasteiger charge is 2.08. The number of aromatic nitrogens is 1. The van der Waals surface area contributed by atoms with Crippen LogP contribution in [-0.4, -0.2) is 10.8 Å². The molecule has 90 valence electrons. The van der Waals surface area contributed by atoms with Crippen LogP contribution in [0.1, 0.15) is 23.7 Å². The summed E-state index contributed by atoms with van der Waals surface area (Å²) in [4.78, 5) is 15.0. The number of Topliss-reactive ketones (excluding diaryl/α,β-unsaturated/α-hetero) is 1. The summed E-state index contributed by atoms with van der Waals surface area (Å²) in [5.74, 6) is 0.161. The lowest BCUT2D eigenvalue weighted by Crippen LogP contribution is -1.95. The summed E-state index contributed by atoms with van der Waals surface area (Å²) in [5.41, 5.74) is 2.77. The summed E-state index contributed by atoms with van der Waals surface area (Å²) < 4.78 is 0. The summed E-state index contributed by atoms with van der Waals surface area (Å²) in [6.45, 7) is 1.87. The van der Waals surface area contributed by atoms with Crippen LogP contribution in [0.2, 0.25) is 5.02 Å². The zero-order valence-electron chi connectivity index (χ0n) is 9.96. The van der Waals surface area contributed by atoms with Crippen LogP contribution >= 0.6 is 11.6 Å². The van der Waals surface area contributed by atoms with E-state index in [4.69, 9.17) is 11.6 Å². The van der Waals surface area contributed by atoms with E-state index in [1.54, 1.807) is 0 Å². The van der Waals surface area contributed by atoms with E-state index in [-0.39, 0.29) is 5.78 Å². The van der Waals surface area contributed by atoms with Gasteiger partial charge in [0.1, 0.15) is 0 Å². The first-order chi connectivity index (χ1) is 8.69. The van der Waals surface area contributed by atoms with Gasteiger partial charge in [-0.2, -0.15) is 0 Å². The molecule has 3 heteroatoms. The van der Waals surface area contributed by atoms with Gasteiger partial charge in [-0.25, -0.2) is 0 Å². The zero-order valence-corrected chi connectivity index (χ0v) is 10.7. The molecule has 0 radical (unpaired) electrons. The fraction of sp³-hybridized carbons (Fsp3) is 0.133. The van der Waals surface area contributed by atoms with Gasteiger partial charge in [-0.1, -0.05) is 30.7 Å². The smallest absolute Gasteiger partial charge is 0.162 e. The Morgan fingerprint density at radius 1 is 1.11 bits per heavy atom. The van der Waals surface area contributed by atoms with E-state index in [0.717, 1.165) is 32.4 Å². The molecule has 18 heavy (non-hydrogen) atoms. The molecule has 2 nitrogen and oxygen atoms in total. The number of carbonyl (C=O) groups is 1. The van der Waals surface area contributed by atoms with Crippen molar-refractivity contribution in [3.05, 3.63) is 47.0 Å². The van der Waals surface area contributed by atoms with Crippen LogP contribution in [0.4, 0.5) is 0 Å². The van der Waals surface area contributed by atoms with Gasteiger partial charge in [0.15, 0.2) is 5.78 Å². The van der Waals surface area contributed by atoms with E-state index in [0.29, 0.717) is 6.42 Å². The Morgan fingerprint density at radius 2 is 1.94 bits per heavy atom. The highest BCUT2D eigenvalue weighted by Crippen LogP contribution is 2.28. The number of rotatable bonds is 2. The molecule has 1 N–H and O–H groups in total. The Labute approximate surface area is 110 Å². The van der Waals surface area contributed by atoms with Crippen molar-refractivity contribution in [3.63, 3.8) is 0 Å². The van der Waals surface area contributed by atoms with Crippen molar-refractivity contribution in [2.75, 3.05) is 0 Å². The zero-order chi connectivity index (χ0) is 12.7. The minimum Gasteiger partial charge on any atom is -0.354 e. The Balaban J connectivity index is 2.30. The largest absolute Gasteiger partial charge is 0.354 e. The molecule has 0 bridgehead atoms. The topological polar surface area (TPSA) is 32.9 Å². The van der Waals surface area contributed by atoms with E-state index < -0.39 is 0 Å². The molecule has 0 spiro atoms. The van der Waals surface area contributed by atoms with Crippen LogP contribution in [0.25, 0.3) is 21.8 Å². The lowest BCUT2D eigenvalue weighted by atomic mass is 10.1. The van der Waals surface area contributed by atoms with Crippen molar-refractivity contribution in [2.24, 2.45) is 0 Å². The third-order valence-electron chi connectivity index (χ3n) is 3.20. The number of ketones is 1. The molecule has 0 aliphatic heterocycles. The van der Waals surface area contributed by atoms with Crippen LogP contribution < -0.4 is 0 Å². The maximum atomic E-state index is 11.7. The molecule has 0 aliphatic rings. The lowest BCUT2D eigenvalue weighted by molar-refractivity contribution is 0.0988. The van der Waals surface area contributed by atoms with Gasteiger partial charge in [0.2, 0.25) is 0 Å². The number of benzene rings is 2. The molecule has 0 fully saturated rings. The van der Waals surface area contributed by atoms with Crippen LogP contribution in [0, 0.1) is 0 Å². The third kappa shape index (κ3) is 1.70. The van der Waals surface area contributed by atoms with Gasteiger partial charge in [0.05, 0.1) is 0 Å². The van der Waals surface area contributed by atoms with Gasteiger partial charge < -0.3 is 4.98 Å². The lowest BCUT2D eigenvalue weighted by Gasteiger charge is -1.98. The molecular formula is C15H12ClNO. The second-order valence-corrected chi connectivity index (χ2v) is 4.79. The fourth-order valence-electron chi connectivity index (χ4n) is 2.25. The number of carbonyl (C=O) groups excluding carboxylic acids is 1. The second-order valence-electron chi connectivity index (χ2n) is 4.35. The Hall–Kier alpha value is -1.80. The minimum atomic E-state index is 0.161. The monoisotopic (exact) mass is 257 g/mol. The quantitative estimate of drug-likeness (QED) is 0.671. The standard InChI is InChI=1S/C15H12ClNO/c1-2-15(18)9-3-5-11-12-8-10(16)4-6-13(12)17-14(11)7-9/h3-8,17H,2H2,1H3. The number of fused-ring (bicyclic) bond motifs is 3. The van der Waals surface area contributed by atoms with E-state index in [2.05, 4.69) is 4.98 Å². The molecule has 0 saturated heterocycles. The SMILES string of the molecule is CCC(=O)c1ccc2c(c1)[nH]c1ccc(Cl)cc12. The first kappa shape index (κ1) is 11.3. The van der Waals surface area contributed by atoms with Crippen molar-refractivity contribution in [1.29, 1.82) is 0 Å². The maximum absolute atomic E-state index is 11.7. The first-order valence-electron chi connectivity index (χ1n) is 5.93. The Kier molecular flexibility index (Phi) is 2.60. The van der Waals surface area contributed by atoms with Gasteiger partial charge in [-0.15, -0.1) is 0 Å². The molecule has 0 atom stereocenters. The molecule has 0 amide bonds. The molecule has 3 aromatic rings. The summed E-state index contributed by atoms with van der Waals surface area (Å²) in [5, 5.41) is 2.91. The van der Waals surface area contributed by atoms with Crippen molar-refractivity contribution in [2.45, 2.75) is 13.3 Å². The van der Waals surface area contributed by atoms with E-state index in [1.165, 1.54) is 0 Å². The third-order valence-corrected chi connectivity index (χ3v) is 3.44. The molecule has 2 aromatic carbocycles. The maximum Gasteiger partial charge on any atom is 0.162 e. The van der Waals surface area contributed by atoms with E-state index in [1.807, 2.05) is 43.3 Å². The van der Waals surface area contributed by atoms with Crippen LogP contribution in [0.5, 0.6) is 0 Å². The normalized spacial score (nSPS) is 11.2. The van der Waals surface area contributed by atoms with Crippen LogP contribution in [0.3, 0.4) is 0 Å². The van der Waals surface area contributed by atoms with Gasteiger partial charge >= 0.3 is 0 Å². The number of hydrogen-bond donors (Lipinski definition) is 1. The summed E-state index contributed by atoms with van der Waals surface area (Å²) in [7, 11) is 0. The van der Waals surface area contributed by atoms with Crippen LogP contribution in [0.15, 0.2) is 36.4 Å². The van der Waals surface area contributed by atoms with Gasteiger partial charge in [-0.3, -0.25) is 4.79 Å². The van der Waals surface area contributed by atoms with Crippen molar-refractivity contribution in [3.8, 4) is 0 Å². The first-order valence-corrected chi connectivity index (χ1v) is 6.31. The molecular weight excluding hydrogens is 246 g/mol. The Morgan fingerprint density at radius 3 is 2.72 bits per heavy atom. The van der Waals surface area contributed by atoms with E-state index in [9.17, 15) is 4.79 Å². The average Bonchev–Trinajstić information content (AvgIpc) is 2.74. The fourth-order valence-corrected chi connectivity index (χ4v) is 2.43. The number of hydrogen-bond acceptors (Lipinski definition) is 1.